The van der Waals surface area contributed by atoms with Crippen molar-refractivity contribution in [3.63, 3.8) is 0 Å². The molecular weight excluding hydrogens is 546 g/mol. The van der Waals surface area contributed by atoms with Crippen LogP contribution in [0, 0.1) is 17.0 Å². The number of fused-ring (bicyclic) bond motifs is 1. The second-order valence-electron chi connectivity index (χ2n) is 10.0. The van der Waals surface area contributed by atoms with Crippen molar-refractivity contribution in [2.75, 3.05) is 38.5 Å². The fraction of sp³-hybridized carbons (Fsp3) is 0.300. The van der Waals surface area contributed by atoms with Crippen LogP contribution in [0.5, 0.6) is 5.75 Å². The van der Waals surface area contributed by atoms with Crippen LogP contribution in [-0.4, -0.2) is 54.0 Å². The maximum absolute atomic E-state index is 13.6. The first-order chi connectivity index (χ1) is 19.9. The Kier molecular flexibility index (Phi) is 8.84. The zero-order valence-corrected chi connectivity index (χ0v) is 24.2. The van der Waals surface area contributed by atoms with Gasteiger partial charge in [-0.15, -0.1) is 0 Å². The van der Waals surface area contributed by atoms with Gasteiger partial charge in [0.15, 0.2) is 0 Å². The monoisotopic (exact) mass is 578 g/mol. The fourth-order valence-corrected chi connectivity index (χ4v) is 4.73. The normalized spacial score (nSPS) is 11.8. The zero-order valence-electron chi connectivity index (χ0n) is 24.2. The van der Waals surface area contributed by atoms with Crippen LogP contribution in [0.4, 0.5) is 31.7 Å². The standard InChI is InChI=1S/C30H32F2N6O4/c1-17(22-8-7-9-23(29(31)32)28(22)38(40)41)33-30-24-16-21(10-12-25(24)34-18(2)35-30)37(5)20-11-13-26(42-6)19(14-20)15-27(39)36(3)4/h7-14,16-17,29H,15H2,1-6H3,(H,33,34,35). The van der Waals surface area contributed by atoms with E-state index < -0.39 is 28.6 Å². The van der Waals surface area contributed by atoms with Crippen molar-refractivity contribution in [2.45, 2.75) is 32.7 Å². The molecule has 0 saturated heterocycles. The number of hydrogen-bond acceptors (Lipinski definition) is 8. The molecule has 42 heavy (non-hydrogen) atoms. The van der Waals surface area contributed by atoms with Gasteiger partial charge in [0.1, 0.15) is 17.4 Å². The van der Waals surface area contributed by atoms with Crippen LogP contribution in [-0.2, 0) is 11.2 Å². The molecule has 1 heterocycles. The van der Waals surface area contributed by atoms with E-state index in [0.29, 0.717) is 28.3 Å². The van der Waals surface area contributed by atoms with Gasteiger partial charge in [0.2, 0.25) is 5.91 Å². The lowest BCUT2D eigenvalue weighted by Crippen LogP contribution is -2.23. The third-order valence-corrected chi connectivity index (χ3v) is 7.01. The van der Waals surface area contributed by atoms with Crippen molar-refractivity contribution < 1.29 is 23.2 Å². The first kappa shape index (κ1) is 30.1. The third kappa shape index (κ3) is 6.22. The Morgan fingerprint density at radius 2 is 1.71 bits per heavy atom. The first-order valence-electron chi connectivity index (χ1n) is 13.1. The van der Waals surface area contributed by atoms with Crippen LogP contribution in [0.25, 0.3) is 10.9 Å². The molecule has 1 unspecified atom stereocenters. The van der Waals surface area contributed by atoms with Crippen LogP contribution in [0.1, 0.15) is 41.9 Å². The van der Waals surface area contributed by atoms with E-state index in [4.69, 9.17) is 4.74 Å². The van der Waals surface area contributed by atoms with Crippen molar-refractivity contribution in [2.24, 2.45) is 0 Å². The molecule has 1 amide bonds. The number of nitro groups is 1. The average Bonchev–Trinajstić information content (AvgIpc) is 2.95. The predicted molar refractivity (Wildman–Crippen MR) is 158 cm³/mol. The number of aryl methyl sites for hydroxylation is 1. The molecule has 3 aromatic carbocycles. The van der Waals surface area contributed by atoms with E-state index in [1.165, 1.54) is 17.0 Å². The summed E-state index contributed by atoms with van der Waals surface area (Å²) in [5, 5.41) is 15.6. The minimum atomic E-state index is -2.99. The number of amides is 1. The highest BCUT2D eigenvalue weighted by molar-refractivity contribution is 5.92. The minimum Gasteiger partial charge on any atom is -0.496 e. The van der Waals surface area contributed by atoms with Gasteiger partial charge in [0.25, 0.3) is 12.1 Å². The molecule has 1 aromatic heterocycles. The van der Waals surface area contributed by atoms with Crippen LogP contribution >= 0.6 is 0 Å². The summed E-state index contributed by atoms with van der Waals surface area (Å²) in [6.07, 6.45) is -2.81. The second-order valence-corrected chi connectivity index (χ2v) is 10.0. The lowest BCUT2D eigenvalue weighted by molar-refractivity contribution is -0.387. The van der Waals surface area contributed by atoms with Crippen LogP contribution in [0.15, 0.2) is 54.6 Å². The number of rotatable bonds is 10. The number of likely N-dealkylation sites (N-methyl/N-ethyl adjacent to an activating group) is 1. The summed E-state index contributed by atoms with van der Waals surface area (Å²) >= 11 is 0. The maximum atomic E-state index is 13.6. The highest BCUT2D eigenvalue weighted by atomic mass is 19.3. The number of carbonyl (C=O) groups is 1. The zero-order chi connectivity index (χ0) is 30.7. The largest absolute Gasteiger partial charge is 0.496 e. The average molecular weight is 579 g/mol. The quantitative estimate of drug-likeness (QED) is 0.171. The molecule has 12 heteroatoms. The van der Waals surface area contributed by atoms with Crippen molar-refractivity contribution in [3.05, 3.63) is 87.2 Å². The van der Waals surface area contributed by atoms with E-state index in [-0.39, 0.29) is 17.9 Å². The van der Waals surface area contributed by atoms with E-state index >= 15 is 0 Å². The van der Waals surface area contributed by atoms with Gasteiger partial charge in [-0.05, 0) is 56.3 Å². The number of nitrogens with zero attached hydrogens (tertiary/aromatic N) is 5. The molecule has 0 saturated carbocycles. The fourth-order valence-electron chi connectivity index (χ4n) is 4.73. The summed E-state index contributed by atoms with van der Waals surface area (Å²) in [5.41, 5.74) is 1.84. The van der Waals surface area contributed by atoms with Gasteiger partial charge in [0, 0.05) is 43.5 Å². The minimum absolute atomic E-state index is 0.0597. The molecule has 0 fully saturated rings. The highest BCUT2D eigenvalue weighted by Gasteiger charge is 2.28. The second kappa shape index (κ2) is 12.3. The molecule has 0 aliphatic heterocycles. The Labute approximate surface area is 242 Å². The lowest BCUT2D eigenvalue weighted by atomic mass is 10.0. The number of alkyl halides is 2. The number of aromatic nitrogens is 2. The van der Waals surface area contributed by atoms with Crippen molar-refractivity contribution in [3.8, 4) is 5.75 Å². The molecule has 0 aliphatic carbocycles. The Hall–Kier alpha value is -4.87. The Morgan fingerprint density at radius 1 is 1.05 bits per heavy atom. The number of para-hydroxylation sites is 1. The number of carbonyl (C=O) groups excluding carboxylic acids is 1. The summed E-state index contributed by atoms with van der Waals surface area (Å²) in [4.78, 5) is 35.9. The molecular formula is C30H32F2N6O4. The first-order valence-corrected chi connectivity index (χ1v) is 13.1. The summed E-state index contributed by atoms with van der Waals surface area (Å²) < 4.78 is 32.6. The summed E-state index contributed by atoms with van der Waals surface area (Å²) in [6.45, 7) is 3.38. The van der Waals surface area contributed by atoms with E-state index in [9.17, 15) is 23.7 Å². The SMILES string of the molecule is COc1ccc(N(C)c2ccc3nc(C)nc(NC(C)c4cccc(C(F)F)c4[N+](=O)[O-])c3c2)cc1CC(=O)N(C)C. The number of hydrogen-bond donors (Lipinski definition) is 1. The van der Waals surface area contributed by atoms with E-state index in [1.54, 1.807) is 35.1 Å². The molecule has 1 N–H and O–H groups in total. The van der Waals surface area contributed by atoms with Crippen molar-refractivity contribution >= 4 is 39.7 Å². The smallest absolute Gasteiger partial charge is 0.283 e. The van der Waals surface area contributed by atoms with Gasteiger partial charge in [-0.3, -0.25) is 14.9 Å². The molecule has 4 aromatic rings. The molecule has 1 atom stereocenters. The Bertz CT molecular complexity index is 1650. The van der Waals surface area contributed by atoms with E-state index in [1.807, 2.05) is 48.3 Å². The molecule has 4 rings (SSSR count). The molecule has 220 valence electrons. The van der Waals surface area contributed by atoms with Gasteiger partial charge in [-0.2, -0.15) is 0 Å². The van der Waals surface area contributed by atoms with Gasteiger partial charge in [-0.1, -0.05) is 12.1 Å². The number of ether oxygens (including phenoxy) is 1. The van der Waals surface area contributed by atoms with Gasteiger partial charge in [-0.25, -0.2) is 18.7 Å². The molecule has 0 spiro atoms. The van der Waals surface area contributed by atoms with Gasteiger partial charge < -0.3 is 19.9 Å². The number of methoxy groups -OCH3 is 1. The molecule has 0 radical (unpaired) electrons. The van der Waals surface area contributed by atoms with Crippen LogP contribution < -0.4 is 15.0 Å². The van der Waals surface area contributed by atoms with E-state index in [2.05, 4.69) is 15.3 Å². The summed E-state index contributed by atoms with van der Waals surface area (Å²) in [7, 11) is 6.83. The number of anilines is 3. The molecule has 0 aliphatic rings. The Morgan fingerprint density at radius 3 is 2.36 bits per heavy atom. The summed E-state index contributed by atoms with van der Waals surface area (Å²) in [6, 6.07) is 14.4. The number of halogens is 2. The number of nitrogens with one attached hydrogen (secondary N) is 1. The van der Waals surface area contributed by atoms with Crippen molar-refractivity contribution in [1.82, 2.24) is 14.9 Å². The lowest BCUT2D eigenvalue weighted by Gasteiger charge is -2.23. The number of benzene rings is 3. The van der Waals surface area contributed by atoms with Crippen LogP contribution in [0.3, 0.4) is 0 Å². The number of nitro benzene ring substituents is 1. The molecule has 0 bridgehead atoms. The summed E-state index contributed by atoms with van der Waals surface area (Å²) in [5.74, 6) is 1.43. The van der Waals surface area contributed by atoms with Crippen LogP contribution in [0.2, 0.25) is 0 Å². The van der Waals surface area contributed by atoms with Crippen molar-refractivity contribution in [1.29, 1.82) is 0 Å². The van der Waals surface area contributed by atoms with Gasteiger partial charge >= 0.3 is 0 Å². The molecule has 10 nitrogen and oxygen atoms in total. The third-order valence-electron chi connectivity index (χ3n) is 7.01. The topological polar surface area (TPSA) is 114 Å². The Balaban J connectivity index is 1.73. The predicted octanol–water partition coefficient (Wildman–Crippen LogP) is 6.36. The van der Waals surface area contributed by atoms with Gasteiger partial charge in [0.05, 0.1) is 41.1 Å². The highest BCUT2D eigenvalue weighted by Crippen LogP contribution is 2.37. The maximum Gasteiger partial charge on any atom is 0.283 e. The van der Waals surface area contributed by atoms with E-state index in [0.717, 1.165) is 23.0 Å².